The Hall–Kier alpha value is -3.78. The molecule has 0 spiro atoms. The molecule has 4 atom stereocenters. The minimum atomic E-state index is -3.91. The van der Waals surface area contributed by atoms with Crippen molar-refractivity contribution in [1.82, 2.24) is 24.9 Å². The van der Waals surface area contributed by atoms with Gasteiger partial charge in [-0.05, 0) is 62.5 Å². The molecule has 1 saturated heterocycles. The first-order valence-electron chi connectivity index (χ1n) is 18.1. The number of rotatable bonds is 12. The SMILES string of the molecule is CCC1CC1(NC(=O)C1CC(Oc2cc(-c3nc(C(C)C)cs3)nc3c(C)c(OC)ccc23)CN1C(=O)CC(C)(C)C)C(=O)NS(=O)(=O)C1(C)CC1. The second-order valence-corrected chi connectivity index (χ2v) is 19.5. The van der Waals surface area contributed by atoms with Gasteiger partial charge in [-0.2, -0.15) is 0 Å². The van der Waals surface area contributed by atoms with Crippen molar-refractivity contribution in [2.75, 3.05) is 13.7 Å². The van der Waals surface area contributed by atoms with E-state index in [0.717, 1.165) is 21.7 Å². The highest BCUT2D eigenvalue weighted by Gasteiger charge is 2.63. The Bertz CT molecular complexity index is 2020. The number of thiazole rings is 1. The minimum absolute atomic E-state index is 0.152. The maximum atomic E-state index is 14.2. The summed E-state index contributed by atoms with van der Waals surface area (Å²) in [6, 6.07) is 4.70. The normalized spacial score (nSPS) is 23.8. The highest BCUT2D eigenvalue weighted by atomic mass is 32.2. The number of benzene rings is 1. The predicted octanol–water partition coefficient (Wildman–Crippen LogP) is 5.87. The first kappa shape index (κ1) is 38.0. The van der Waals surface area contributed by atoms with Gasteiger partial charge in [0.2, 0.25) is 21.8 Å². The fraction of sp³-hybridized carbons (Fsp3) is 0.605. The number of amides is 3. The minimum Gasteiger partial charge on any atom is -0.496 e. The van der Waals surface area contributed by atoms with Gasteiger partial charge in [-0.25, -0.2) is 18.4 Å². The highest BCUT2D eigenvalue weighted by Crippen LogP contribution is 2.48. The Kier molecular flexibility index (Phi) is 9.91. The Morgan fingerprint density at radius 1 is 1.13 bits per heavy atom. The number of likely N-dealkylation sites (tertiary alicyclic amines) is 1. The fourth-order valence-corrected chi connectivity index (χ4v) is 9.27. The van der Waals surface area contributed by atoms with Gasteiger partial charge in [-0.15, -0.1) is 11.3 Å². The third kappa shape index (κ3) is 7.24. The number of ether oxygens (including phenoxy) is 2. The van der Waals surface area contributed by atoms with Crippen molar-refractivity contribution < 1.29 is 32.3 Å². The van der Waals surface area contributed by atoms with Crippen LogP contribution in [0, 0.1) is 18.3 Å². The van der Waals surface area contributed by atoms with Gasteiger partial charge in [-0.1, -0.05) is 48.0 Å². The van der Waals surface area contributed by atoms with E-state index in [2.05, 4.69) is 23.9 Å². The number of fused-ring (bicyclic) bond motifs is 1. The van der Waals surface area contributed by atoms with Crippen molar-refractivity contribution in [2.45, 2.75) is 122 Å². The van der Waals surface area contributed by atoms with Crippen molar-refractivity contribution in [1.29, 1.82) is 0 Å². The zero-order chi connectivity index (χ0) is 38.0. The smallest absolute Gasteiger partial charge is 0.259 e. The van der Waals surface area contributed by atoms with Gasteiger partial charge < -0.3 is 19.7 Å². The van der Waals surface area contributed by atoms with Crippen molar-refractivity contribution in [2.24, 2.45) is 11.3 Å². The molecule has 3 fully saturated rings. The number of pyridine rings is 1. The number of nitrogens with zero attached hydrogens (tertiary/aromatic N) is 3. The van der Waals surface area contributed by atoms with Crippen LogP contribution in [-0.4, -0.2) is 77.1 Å². The van der Waals surface area contributed by atoms with Crippen LogP contribution < -0.4 is 19.5 Å². The van der Waals surface area contributed by atoms with E-state index in [4.69, 9.17) is 19.4 Å². The lowest BCUT2D eigenvalue weighted by Gasteiger charge is -2.29. The molecule has 14 heteroatoms. The van der Waals surface area contributed by atoms with E-state index in [-0.39, 0.29) is 42.5 Å². The average molecular weight is 754 g/mol. The second kappa shape index (κ2) is 13.6. The van der Waals surface area contributed by atoms with Crippen molar-refractivity contribution in [3.05, 3.63) is 34.8 Å². The quantitative estimate of drug-likeness (QED) is 0.231. The van der Waals surface area contributed by atoms with Crippen LogP contribution in [0.25, 0.3) is 21.6 Å². The number of carbonyl (C=O) groups is 3. The summed E-state index contributed by atoms with van der Waals surface area (Å²) in [7, 11) is -2.29. The Morgan fingerprint density at radius 2 is 1.85 bits per heavy atom. The van der Waals surface area contributed by atoms with Crippen molar-refractivity contribution in [3.63, 3.8) is 0 Å². The summed E-state index contributed by atoms with van der Waals surface area (Å²) >= 11 is 1.51. The summed E-state index contributed by atoms with van der Waals surface area (Å²) in [5.41, 5.74) is 1.45. The van der Waals surface area contributed by atoms with Gasteiger partial charge in [0.1, 0.15) is 39.9 Å². The first-order chi connectivity index (χ1) is 24.3. The van der Waals surface area contributed by atoms with Gasteiger partial charge in [0.25, 0.3) is 5.91 Å². The lowest BCUT2D eigenvalue weighted by molar-refractivity contribution is -0.141. The number of hydrogen-bond donors (Lipinski definition) is 2. The van der Waals surface area contributed by atoms with Crippen LogP contribution in [0.4, 0.5) is 0 Å². The van der Waals surface area contributed by atoms with Crippen LogP contribution in [0.3, 0.4) is 0 Å². The number of carbonyl (C=O) groups excluding carboxylic acids is 3. The molecule has 0 radical (unpaired) electrons. The number of aryl methyl sites for hydroxylation is 1. The van der Waals surface area contributed by atoms with E-state index >= 15 is 0 Å². The molecule has 1 aliphatic heterocycles. The highest BCUT2D eigenvalue weighted by molar-refractivity contribution is 7.91. The van der Waals surface area contributed by atoms with Gasteiger partial charge in [0.15, 0.2) is 0 Å². The molecule has 2 saturated carbocycles. The van der Waals surface area contributed by atoms with Crippen LogP contribution in [0.5, 0.6) is 11.5 Å². The van der Waals surface area contributed by atoms with Crippen molar-refractivity contribution >= 4 is 50.0 Å². The molecule has 4 unspecified atom stereocenters. The van der Waals surface area contributed by atoms with Gasteiger partial charge in [0.05, 0.1) is 29.6 Å². The molecule has 3 aliphatic rings. The summed E-state index contributed by atoms with van der Waals surface area (Å²) in [6.07, 6.45) is 1.66. The molecule has 2 N–H and O–H groups in total. The van der Waals surface area contributed by atoms with E-state index < -0.39 is 44.3 Å². The lowest BCUT2D eigenvalue weighted by atomic mass is 9.91. The number of aromatic nitrogens is 2. The number of sulfonamides is 1. The Labute approximate surface area is 310 Å². The van der Waals surface area contributed by atoms with E-state index in [1.54, 1.807) is 18.9 Å². The van der Waals surface area contributed by atoms with E-state index in [1.807, 2.05) is 58.2 Å². The molecule has 6 rings (SSSR count). The predicted molar refractivity (Wildman–Crippen MR) is 201 cm³/mol. The third-order valence-electron chi connectivity index (χ3n) is 10.7. The molecule has 52 heavy (non-hydrogen) atoms. The van der Waals surface area contributed by atoms with E-state index in [1.165, 1.54) is 11.3 Å². The number of methoxy groups -OCH3 is 1. The van der Waals surface area contributed by atoms with Crippen LogP contribution in [-0.2, 0) is 24.4 Å². The summed E-state index contributed by atoms with van der Waals surface area (Å²) in [6.45, 7) is 15.7. The molecule has 0 bridgehead atoms. The zero-order valence-corrected chi connectivity index (χ0v) is 33.2. The monoisotopic (exact) mass is 753 g/mol. The second-order valence-electron chi connectivity index (χ2n) is 16.5. The van der Waals surface area contributed by atoms with Crippen molar-refractivity contribution in [3.8, 4) is 22.2 Å². The number of nitrogens with one attached hydrogen (secondary N) is 2. The van der Waals surface area contributed by atoms with E-state index in [0.29, 0.717) is 48.4 Å². The summed E-state index contributed by atoms with van der Waals surface area (Å²) < 4.78 is 39.6. The Balaban J connectivity index is 1.31. The maximum absolute atomic E-state index is 14.2. The average Bonchev–Trinajstić information content (AvgIpc) is 3.84. The lowest BCUT2D eigenvalue weighted by Crippen LogP contribution is -2.57. The van der Waals surface area contributed by atoms with Crippen LogP contribution >= 0.6 is 11.3 Å². The first-order valence-corrected chi connectivity index (χ1v) is 20.5. The summed E-state index contributed by atoms with van der Waals surface area (Å²) in [4.78, 5) is 53.0. The third-order valence-corrected chi connectivity index (χ3v) is 13.8. The zero-order valence-electron chi connectivity index (χ0n) is 31.6. The maximum Gasteiger partial charge on any atom is 0.259 e. The molecule has 3 heterocycles. The molecule has 1 aromatic carbocycles. The Morgan fingerprint density at radius 3 is 2.42 bits per heavy atom. The largest absolute Gasteiger partial charge is 0.496 e. The van der Waals surface area contributed by atoms with Gasteiger partial charge in [-0.3, -0.25) is 19.1 Å². The molecular weight excluding hydrogens is 703 g/mol. The van der Waals surface area contributed by atoms with Crippen LogP contribution in [0.1, 0.15) is 104 Å². The van der Waals surface area contributed by atoms with E-state index in [9.17, 15) is 22.8 Å². The molecule has 3 aromatic rings. The molecule has 3 amide bonds. The molecule has 2 aromatic heterocycles. The molecule has 282 valence electrons. The molecule has 2 aliphatic carbocycles. The van der Waals surface area contributed by atoms with Crippen LogP contribution in [0.15, 0.2) is 23.6 Å². The van der Waals surface area contributed by atoms with Gasteiger partial charge in [0, 0.05) is 35.2 Å². The fourth-order valence-electron chi connectivity index (χ4n) is 7.01. The molecule has 12 nitrogen and oxygen atoms in total. The topological polar surface area (TPSA) is 157 Å². The number of hydrogen-bond acceptors (Lipinski definition) is 10. The van der Waals surface area contributed by atoms with Crippen LogP contribution in [0.2, 0.25) is 0 Å². The summed E-state index contributed by atoms with van der Waals surface area (Å²) in [5.74, 6) is -0.166. The standard InChI is InChI=1S/C38H51N5O7S2/c1-10-23-17-38(23,35(46)42-52(47,48)37(8)13-14-37)41-33(45)28-15-24(19-43(28)31(44)18-36(5,6)7)50-30-16-26(34-40-27(20-51-34)21(2)3)39-32-22(4)29(49-9)12-11-25(30)32/h11-12,16,20-21,23-24,28H,10,13-15,17-19H2,1-9H3,(H,41,45)(H,42,46). The summed E-state index contributed by atoms with van der Waals surface area (Å²) in [5, 5.41) is 6.47. The van der Waals surface area contributed by atoms with Gasteiger partial charge >= 0.3 is 0 Å². The molecular formula is C38H51N5O7S2.